The highest BCUT2D eigenvalue weighted by atomic mass is 16.2. The molecule has 0 aliphatic heterocycles. The number of carbonyl (C=O) groups is 2. The third-order valence-corrected chi connectivity index (χ3v) is 5.31. The summed E-state index contributed by atoms with van der Waals surface area (Å²) < 4.78 is 1.55. The van der Waals surface area contributed by atoms with Gasteiger partial charge >= 0.3 is 0 Å². The molecule has 1 N–H and O–H groups in total. The van der Waals surface area contributed by atoms with Gasteiger partial charge in [0.05, 0.1) is 17.3 Å². The first-order chi connectivity index (χ1) is 12.9. The van der Waals surface area contributed by atoms with Crippen molar-refractivity contribution in [1.29, 1.82) is 0 Å². The Labute approximate surface area is 157 Å². The highest BCUT2D eigenvalue weighted by Crippen LogP contribution is 2.25. The van der Waals surface area contributed by atoms with Crippen molar-refractivity contribution in [2.24, 2.45) is 0 Å². The van der Waals surface area contributed by atoms with E-state index in [2.05, 4.69) is 33.6 Å². The SMILES string of the molecule is CC(=O)c1cnc2cc(C(=O)N[C@@H](C)c3ccc4c(c3)CCC4)nn2c1C. The number of hydrogen-bond acceptors (Lipinski definition) is 4. The fourth-order valence-corrected chi connectivity index (χ4v) is 3.72. The zero-order valence-electron chi connectivity index (χ0n) is 15.7. The number of carbonyl (C=O) groups excluding carboxylic acids is 2. The summed E-state index contributed by atoms with van der Waals surface area (Å²) in [4.78, 5) is 28.6. The number of ketones is 1. The molecule has 6 nitrogen and oxygen atoms in total. The van der Waals surface area contributed by atoms with Crippen LogP contribution in [0.1, 0.15) is 69.5 Å². The molecule has 3 aromatic rings. The lowest BCUT2D eigenvalue weighted by molar-refractivity contribution is 0.0934. The molecule has 0 fully saturated rings. The van der Waals surface area contributed by atoms with Crippen LogP contribution >= 0.6 is 0 Å². The topological polar surface area (TPSA) is 76.4 Å². The quantitative estimate of drug-likeness (QED) is 0.723. The molecule has 2 heterocycles. The molecule has 0 radical (unpaired) electrons. The van der Waals surface area contributed by atoms with Gasteiger partial charge in [0.25, 0.3) is 5.91 Å². The third kappa shape index (κ3) is 3.12. The molecule has 1 atom stereocenters. The maximum atomic E-state index is 12.7. The highest BCUT2D eigenvalue weighted by Gasteiger charge is 2.19. The molecule has 0 bridgehead atoms. The summed E-state index contributed by atoms with van der Waals surface area (Å²) in [7, 11) is 0. The second-order valence-electron chi connectivity index (χ2n) is 7.19. The van der Waals surface area contributed by atoms with Crippen LogP contribution < -0.4 is 5.32 Å². The molecule has 27 heavy (non-hydrogen) atoms. The molecule has 2 aromatic heterocycles. The summed E-state index contributed by atoms with van der Waals surface area (Å²) in [5.74, 6) is -0.328. The van der Waals surface area contributed by atoms with Crippen LogP contribution in [0.15, 0.2) is 30.5 Å². The number of aryl methyl sites for hydroxylation is 3. The summed E-state index contributed by atoms with van der Waals surface area (Å²) in [6, 6.07) is 7.98. The van der Waals surface area contributed by atoms with Crippen molar-refractivity contribution in [3.8, 4) is 0 Å². The van der Waals surface area contributed by atoms with Gasteiger partial charge in [-0.25, -0.2) is 9.50 Å². The lowest BCUT2D eigenvalue weighted by Gasteiger charge is -2.14. The minimum Gasteiger partial charge on any atom is -0.344 e. The van der Waals surface area contributed by atoms with E-state index >= 15 is 0 Å². The number of rotatable bonds is 4. The van der Waals surface area contributed by atoms with Crippen LogP contribution in [-0.2, 0) is 12.8 Å². The zero-order valence-corrected chi connectivity index (χ0v) is 15.7. The number of amides is 1. The van der Waals surface area contributed by atoms with Gasteiger partial charge in [-0.1, -0.05) is 18.2 Å². The van der Waals surface area contributed by atoms with Crippen LogP contribution in [0.3, 0.4) is 0 Å². The number of nitrogens with one attached hydrogen (secondary N) is 1. The largest absolute Gasteiger partial charge is 0.344 e. The predicted molar refractivity (Wildman–Crippen MR) is 102 cm³/mol. The van der Waals surface area contributed by atoms with E-state index in [-0.39, 0.29) is 17.7 Å². The van der Waals surface area contributed by atoms with E-state index in [1.54, 1.807) is 17.5 Å². The van der Waals surface area contributed by atoms with Gasteiger partial charge in [-0.3, -0.25) is 9.59 Å². The van der Waals surface area contributed by atoms with Crippen molar-refractivity contribution in [2.75, 3.05) is 0 Å². The van der Waals surface area contributed by atoms with Gasteiger partial charge in [-0.15, -0.1) is 0 Å². The van der Waals surface area contributed by atoms with Crippen molar-refractivity contribution in [3.05, 3.63) is 64.1 Å². The summed E-state index contributed by atoms with van der Waals surface area (Å²) in [5.41, 5.74) is 5.92. The number of nitrogens with zero attached hydrogens (tertiary/aromatic N) is 3. The maximum absolute atomic E-state index is 12.7. The van der Waals surface area contributed by atoms with Crippen LogP contribution in [0.2, 0.25) is 0 Å². The minimum atomic E-state index is -0.253. The zero-order chi connectivity index (χ0) is 19.1. The molecule has 1 aliphatic rings. The predicted octanol–water partition coefficient (Wildman–Crippen LogP) is 3.22. The van der Waals surface area contributed by atoms with Crippen LogP contribution in [0.25, 0.3) is 5.65 Å². The fourth-order valence-electron chi connectivity index (χ4n) is 3.72. The van der Waals surface area contributed by atoms with Crippen LogP contribution in [0.4, 0.5) is 0 Å². The van der Waals surface area contributed by atoms with Crippen molar-refractivity contribution in [2.45, 2.75) is 46.1 Å². The molecule has 6 heteroatoms. The lowest BCUT2D eigenvalue weighted by atomic mass is 10.0. The van der Waals surface area contributed by atoms with Gasteiger partial charge in [-0.2, -0.15) is 5.10 Å². The van der Waals surface area contributed by atoms with E-state index in [1.165, 1.54) is 30.7 Å². The van der Waals surface area contributed by atoms with Gasteiger partial charge < -0.3 is 5.32 Å². The van der Waals surface area contributed by atoms with E-state index in [9.17, 15) is 9.59 Å². The molecule has 0 saturated heterocycles. The Balaban J connectivity index is 1.57. The summed E-state index contributed by atoms with van der Waals surface area (Å²) in [6.45, 7) is 5.26. The second-order valence-corrected chi connectivity index (χ2v) is 7.19. The van der Waals surface area contributed by atoms with Crippen molar-refractivity contribution >= 4 is 17.3 Å². The van der Waals surface area contributed by atoms with Gasteiger partial charge in [0, 0.05) is 12.3 Å². The Morgan fingerprint density at radius 1 is 1.19 bits per heavy atom. The molecule has 1 aliphatic carbocycles. The number of hydrogen-bond donors (Lipinski definition) is 1. The monoisotopic (exact) mass is 362 g/mol. The maximum Gasteiger partial charge on any atom is 0.272 e. The van der Waals surface area contributed by atoms with Crippen molar-refractivity contribution in [3.63, 3.8) is 0 Å². The molecule has 138 valence electrons. The van der Waals surface area contributed by atoms with Crippen LogP contribution in [-0.4, -0.2) is 26.3 Å². The van der Waals surface area contributed by atoms with Crippen LogP contribution in [0, 0.1) is 6.92 Å². The van der Waals surface area contributed by atoms with Crippen LogP contribution in [0.5, 0.6) is 0 Å². The summed E-state index contributed by atoms with van der Waals surface area (Å²) in [5, 5.41) is 7.36. The first kappa shape index (κ1) is 17.4. The van der Waals surface area contributed by atoms with Gasteiger partial charge in [0.2, 0.25) is 0 Å². The van der Waals surface area contributed by atoms with E-state index in [1.807, 2.05) is 6.92 Å². The average molecular weight is 362 g/mol. The van der Waals surface area contributed by atoms with Gasteiger partial charge in [0.15, 0.2) is 17.1 Å². The average Bonchev–Trinajstić information content (AvgIpc) is 3.28. The van der Waals surface area contributed by atoms with E-state index < -0.39 is 0 Å². The molecular weight excluding hydrogens is 340 g/mol. The molecule has 0 unspecified atom stereocenters. The Morgan fingerprint density at radius 3 is 2.74 bits per heavy atom. The fraction of sp³-hybridized carbons (Fsp3) is 0.333. The van der Waals surface area contributed by atoms with E-state index in [4.69, 9.17) is 0 Å². The van der Waals surface area contributed by atoms with E-state index in [0.29, 0.717) is 22.6 Å². The Morgan fingerprint density at radius 2 is 1.96 bits per heavy atom. The molecule has 0 saturated carbocycles. The Hall–Kier alpha value is -3.02. The smallest absolute Gasteiger partial charge is 0.272 e. The van der Waals surface area contributed by atoms with Gasteiger partial charge in [0.1, 0.15) is 0 Å². The molecule has 0 spiro atoms. The van der Waals surface area contributed by atoms with E-state index in [0.717, 1.165) is 18.4 Å². The third-order valence-electron chi connectivity index (χ3n) is 5.31. The first-order valence-electron chi connectivity index (χ1n) is 9.23. The van der Waals surface area contributed by atoms with Crippen molar-refractivity contribution < 1.29 is 9.59 Å². The number of Topliss-reactive ketones (excluding diaryl/α,β-unsaturated/α-hetero) is 1. The summed E-state index contributed by atoms with van der Waals surface area (Å²) >= 11 is 0. The number of aromatic nitrogens is 3. The normalized spacial score (nSPS) is 14.2. The Bertz CT molecular complexity index is 1070. The van der Waals surface area contributed by atoms with Crippen molar-refractivity contribution in [1.82, 2.24) is 19.9 Å². The second kappa shape index (κ2) is 6.61. The lowest BCUT2D eigenvalue weighted by Crippen LogP contribution is -2.27. The first-order valence-corrected chi connectivity index (χ1v) is 9.23. The number of fused-ring (bicyclic) bond motifs is 2. The van der Waals surface area contributed by atoms with Gasteiger partial charge in [-0.05, 0) is 56.7 Å². The minimum absolute atomic E-state index is 0.0753. The summed E-state index contributed by atoms with van der Waals surface area (Å²) in [6.07, 6.45) is 4.99. The highest BCUT2D eigenvalue weighted by molar-refractivity contribution is 5.96. The molecule has 1 amide bonds. The Kier molecular flexibility index (Phi) is 4.26. The molecule has 1 aromatic carbocycles. The molecular formula is C21H22N4O2. The molecule has 4 rings (SSSR count). The standard InChI is InChI=1S/C21H22N4O2/c1-12(16-8-7-15-5-4-6-17(15)9-16)23-21(27)19-10-20-22-11-18(14(3)26)13(2)25(20)24-19/h7-12H,4-6H2,1-3H3,(H,23,27)/t12-/m0/s1. The number of benzene rings is 1.